The van der Waals surface area contributed by atoms with Crippen LogP contribution in [0.1, 0.15) is 41.6 Å². The molecule has 1 N–H and O–H groups in total. The molecule has 7 nitrogen and oxygen atoms in total. The molecule has 2 aliphatic rings. The van der Waals surface area contributed by atoms with Gasteiger partial charge in [-0.2, -0.15) is 0 Å². The number of imidazole rings is 1. The van der Waals surface area contributed by atoms with E-state index in [9.17, 15) is 4.79 Å². The van der Waals surface area contributed by atoms with Crippen LogP contribution < -0.4 is 5.32 Å². The van der Waals surface area contributed by atoms with Gasteiger partial charge in [-0.3, -0.25) is 14.6 Å². The maximum atomic E-state index is 12.8. The first-order chi connectivity index (χ1) is 13.2. The number of carbonyl (C=O) groups excluding carboxylic acids is 1. The number of amides is 1. The molecule has 146 valence electrons. The molecular weight excluding hydrogens is 342 g/mol. The van der Waals surface area contributed by atoms with E-state index in [-0.39, 0.29) is 11.9 Å². The standard InChI is InChI=1S/C20H29N5O2/c1-23-9-4-7-17(23)19-22-18(16-6-2-3-11-25(16)19)20(26)21-8-5-10-24-12-14-27-15-13-24/h2-3,6,11,17H,4-5,7-10,12-15H2,1H3,(H,21,26)/t17-/m1/s1. The SMILES string of the molecule is CN1CCC[C@@H]1c1nc(C(=O)NCCCN2CCOCC2)c2ccccn12. The highest BCUT2D eigenvalue weighted by molar-refractivity contribution is 5.99. The van der Waals surface area contributed by atoms with Gasteiger partial charge in [0.1, 0.15) is 5.82 Å². The molecule has 0 unspecified atom stereocenters. The fourth-order valence-electron chi connectivity index (χ4n) is 4.11. The second-order valence-electron chi connectivity index (χ2n) is 7.48. The van der Waals surface area contributed by atoms with E-state index < -0.39 is 0 Å². The topological polar surface area (TPSA) is 62.1 Å². The van der Waals surface area contributed by atoms with Crippen molar-refractivity contribution >= 4 is 11.4 Å². The predicted octanol–water partition coefficient (Wildman–Crippen LogP) is 1.55. The molecule has 1 atom stereocenters. The number of rotatable bonds is 6. The van der Waals surface area contributed by atoms with Crippen molar-refractivity contribution in [3.63, 3.8) is 0 Å². The number of hydrogen-bond donors (Lipinski definition) is 1. The summed E-state index contributed by atoms with van der Waals surface area (Å²) in [4.78, 5) is 22.3. The van der Waals surface area contributed by atoms with Crippen LogP contribution >= 0.6 is 0 Å². The molecule has 1 amide bonds. The lowest BCUT2D eigenvalue weighted by Crippen LogP contribution is -2.38. The molecule has 4 rings (SSSR count). The molecule has 0 aromatic carbocycles. The lowest BCUT2D eigenvalue weighted by atomic mass is 10.2. The van der Waals surface area contributed by atoms with Crippen molar-refractivity contribution in [2.75, 3.05) is 53.0 Å². The van der Waals surface area contributed by atoms with Crippen LogP contribution in [-0.4, -0.2) is 78.1 Å². The number of nitrogens with one attached hydrogen (secondary N) is 1. The van der Waals surface area contributed by atoms with E-state index in [2.05, 4.69) is 26.6 Å². The van der Waals surface area contributed by atoms with Crippen LogP contribution in [-0.2, 0) is 4.74 Å². The van der Waals surface area contributed by atoms with Crippen molar-refractivity contribution in [3.05, 3.63) is 35.9 Å². The summed E-state index contributed by atoms with van der Waals surface area (Å²) in [6.07, 6.45) is 5.21. The maximum absolute atomic E-state index is 12.8. The van der Waals surface area contributed by atoms with Crippen molar-refractivity contribution in [1.82, 2.24) is 24.5 Å². The van der Waals surface area contributed by atoms with E-state index in [4.69, 9.17) is 9.72 Å². The van der Waals surface area contributed by atoms with E-state index >= 15 is 0 Å². The largest absolute Gasteiger partial charge is 0.379 e. The molecule has 0 spiro atoms. The molecule has 4 heterocycles. The van der Waals surface area contributed by atoms with Crippen LogP contribution in [0.2, 0.25) is 0 Å². The molecule has 27 heavy (non-hydrogen) atoms. The van der Waals surface area contributed by atoms with Crippen LogP contribution in [0.15, 0.2) is 24.4 Å². The minimum absolute atomic E-state index is 0.0763. The van der Waals surface area contributed by atoms with Crippen molar-refractivity contribution < 1.29 is 9.53 Å². The van der Waals surface area contributed by atoms with Gasteiger partial charge in [0.15, 0.2) is 5.69 Å². The molecule has 7 heteroatoms. The Morgan fingerprint density at radius 1 is 1.30 bits per heavy atom. The summed E-state index contributed by atoms with van der Waals surface area (Å²) >= 11 is 0. The van der Waals surface area contributed by atoms with E-state index in [1.165, 1.54) is 6.42 Å². The molecule has 2 aromatic rings. The van der Waals surface area contributed by atoms with Gasteiger partial charge in [-0.1, -0.05) is 6.07 Å². The average Bonchev–Trinajstić information content (AvgIpc) is 3.29. The summed E-state index contributed by atoms with van der Waals surface area (Å²) in [5.41, 5.74) is 1.43. The number of carbonyl (C=O) groups is 1. The molecule has 0 radical (unpaired) electrons. The normalized spacial score (nSPS) is 21.7. The van der Waals surface area contributed by atoms with Crippen LogP contribution in [0.4, 0.5) is 0 Å². The molecule has 0 saturated carbocycles. The van der Waals surface area contributed by atoms with Crippen LogP contribution in [0, 0.1) is 0 Å². The minimum Gasteiger partial charge on any atom is -0.379 e. The predicted molar refractivity (Wildman–Crippen MR) is 104 cm³/mol. The Bertz CT molecular complexity index is 784. The average molecular weight is 371 g/mol. The Morgan fingerprint density at radius 2 is 2.15 bits per heavy atom. The first-order valence-electron chi connectivity index (χ1n) is 9.99. The maximum Gasteiger partial charge on any atom is 0.272 e. The van der Waals surface area contributed by atoms with Crippen molar-refractivity contribution in [2.24, 2.45) is 0 Å². The monoisotopic (exact) mass is 371 g/mol. The van der Waals surface area contributed by atoms with Gasteiger partial charge in [0.2, 0.25) is 0 Å². The van der Waals surface area contributed by atoms with Crippen LogP contribution in [0.5, 0.6) is 0 Å². The highest BCUT2D eigenvalue weighted by Gasteiger charge is 2.28. The third kappa shape index (κ3) is 4.00. The Kier molecular flexibility index (Phi) is 5.71. The summed E-state index contributed by atoms with van der Waals surface area (Å²) in [5, 5.41) is 3.06. The van der Waals surface area contributed by atoms with E-state index in [1.54, 1.807) is 0 Å². The molecule has 2 aliphatic heterocycles. The Hall–Kier alpha value is -1.96. The van der Waals surface area contributed by atoms with Gasteiger partial charge < -0.3 is 14.5 Å². The molecular formula is C20H29N5O2. The quantitative estimate of drug-likeness (QED) is 0.781. The highest BCUT2D eigenvalue weighted by atomic mass is 16.5. The molecule has 2 fully saturated rings. The smallest absolute Gasteiger partial charge is 0.272 e. The summed E-state index contributed by atoms with van der Waals surface area (Å²) in [7, 11) is 2.13. The summed E-state index contributed by atoms with van der Waals surface area (Å²) in [5.74, 6) is 0.900. The van der Waals surface area contributed by atoms with Gasteiger partial charge in [-0.15, -0.1) is 0 Å². The Labute approximate surface area is 160 Å². The van der Waals surface area contributed by atoms with Crippen LogP contribution in [0.25, 0.3) is 5.52 Å². The number of likely N-dealkylation sites (tertiary alicyclic amines) is 1. The number of nitrogens with zero attached hydrogens (tertiary/aromatic N) is 4. The summed E-state index contributed by atoms with van der Waals surface area (Å²) in [6, 6.07) is 6.22. The highest BCUT2D eigenvalue weighted by Crippen LogP contribution is 2.31. The third-order valence-electron chi connectivity index (χ3n) is 5.65. The lowest BCUT2D eigenvalue weighted by molar-refractivity contribution is 0.0374. The van der Waals surface area contributed by atoms with Gasteiger partial charge in [-0.25, -0.2) is 4.98 Å². The first kappa shape index (κ1) is 18.4. The zero-order valence-electron chi connectivity index (χ0n) is 16.1. The second-order valence-corrected chi connectivity index (χ2v) is 7.48. The first-order valence-corrected chi connectivity index (χ1v) is 9.99. The number of pyridine rings is 1. The Balaban J connectivity index is 1.42. The molecule has 2 aromatic heterocycles. The van der Waals surface area contributed by atoms with Crippen LogP contribution in [0.3, 0.4) is 0 Å². The van der Waals surface area contributed by atoms with Gasteiger partial charge >= 0.3 is 0 Å². The summed E-state index contributed by atoms with van der Waals surface area (Å²) < 4.78 is 7.45. The third-order valence-corrected chi connectivity index (χ3v) is 5.65. The zero-order valence-corrected chi connectivity index (χ0v) is 16.1. The summed E-state index contributed by atoms with van der Waals surface area (Å²) in [6.45, 7) is 6.33. The fourth-order valence-corrected chi connectivity index (χ4v) is 4.11. The van der Waals surface area contributed by atoms with Crippen molar-refractivity contribution in [2.45, 2.75) is 25.3 Å². The number of aromatic nitrogens is 2. The Morgan fingerprint density at radius 3 is 2.93 bits per heavy atom. The molecule has 0 bridgehead atoms. The lowest BCUT2D eigenvalue weighted by Gasteiger charge is -2.26. The van der Waals surface area contributed by atoms with Gasteiger partial charge in [0.25, 0.3) is 5.91 Å². The molecule has 0 aliphatic carbocycles. The van der Waals surface area contributed by atoms with E-state index in [1.807, 2.05) is 24.4 Å². The number of hydrogen-bond acceptors (Lipinski definition) is 5. The molecule has 2 saturated heterocycles. The van der Waals surface area contributed by atoms with Gasteiger partial charge in [0.05, 0.1) is 24.8 Å². The second kappa shape index (κ2) is 8.37. The minimum atomic E-state index is -0.0763. The number of morpholine rings is 1. The number of fused-ring (bicyclic) bond motifs is 1. The van der Waals surface area contributed by atoms with Crippen molar-refractivity contribution in [3.8, 4) is 0 Å². The van der Waals surface area contributed by atoms with E-state index in [0.29, 0.717) is 12.2 Å². The van der Waals surface area contributed by atoms with Crippen molar-refractivity contribution in [1.29, 1.82) is 0 Å². The number of ether oxygens (including phenoxy) is 1. The van der Waals surface area contributed by atoms with Gasteiger partial charge in [-0.05, 0) is 51.5 Å². The van der Waals surface area contributed by atoms with E-state index in [0.717, 1.165) is 63.6 Å². The van der Waals surface area contributed by atoms with Gasteiger partial charge in [0, 0.05) is 25.8 Å². The zero-order chi connectivity index (χ0) is 18.6. The fraction of sp³-hybridized carbons (Fsp3) is 0.600.